The lowest BCUT2D eigenvalue weighted by Crippen LogP contribution is -2.09. The first-order chi connectivity index (χ1) is 6.74. The Kier molecular flexibility index (Phi) is 7.00. The molecule has 0 aromatic carbocycles. The molecule has 14 heavy (non-hydrogen) atoms. The molecule has 1 aromatic rings. The summed E-state index contributed by atoms with van der Waals surface area (Å²) in [5, 5.41) is 2.98. The predicted octanol–water partition coefficient (Wildman–Crippen LogP) is 3.62. The average molecular weight is 228 g/mol. The Hall–Kier alpha value is -0.910. The summed E-state index contributed by atoms with van der Waals surface area (Å²) < 4.78 is 0.758. The Balaban J connectivity index is 0.000000791. The van der Waals surface area contributed by atoms with Gasteiger partial charge in [-0.15, -0.1) is 17.8 Å². The van der Waals surface area contributed by atoms with Crippen LogP contribution >= 0.6 is 22.9 Å². The summed E-state index contributed by atoms with van der Waals surface area (Å²) in [4.78, 5) is 1.02. The highest BCUT2D eigenvalue weighted by molar-refractivity contribution is 7.17. The second-order valence-corrected chi connectivity index (χ2v) is 3.86. The van der Waals surface area contributed by atoms with Crippen molar-refractivity contribution in [2.24, 2.45) is 0 Å². The van der Waals surface area contributed by atoms with Crippen LogP contribution in [0.4, 0.5) is 0 Å². The van der Waals surface area contributed by atoms with Crippen molar-refractivity contribution in [3.63, 3.8) is 0 Å². The fraction of sp³-hybridized carbons (Fsp3) is 0.273. The van der Waals surface area contributed by atoms with E-state index in [1.165, 1.54) is 11.3 Å². The van der Waals surface area contributed by atoms with Crippen molar-refractivity contribution in [3.8, 4) is 12.3 Å². The molecule has 3 heteroatoms. The van der Waals surface area contributed by atoms with Crippen molar-refractivity contribution in [2.75, 3.05) is 6.54 Å². The molecular weight excluding hydrogens is 214 g/mol. The van der Waals surface area contributed by atoms with Gasteiger partial charge in [0.05, 0.1) is 15.8 Å². The SMILES string of the molecule is C#CCNC(=C)c1ccc(Cl)s1.CC. The monoisotopic (exact) mass is 227 g/mol. The van der Waals surface area contributed by atoms with Crippen LogP contribution in [0.2, 0.25) is 4.34 Å². The zero-order valence-corrected chi connectivity index (χ0v) is 10.0. The smallest absolute Gasteiger partial charge is 0.0935 e. The van der Waals surface area contributed by atoms with E-state index in [0.29, 0.717) is 6.54 Å². The summed E-state index contributed by atoms with van der Waals surface area (Å²) in [5.74, 6) is 2.47. The number of rotatable bonds is 3. The van der Waals surface area contributed by atoms with Gasteiger partial charge in [0.15, 0.2) is 0 Å². The molecule has 0 spiro atoms. The third-order valence-electron chi connectivity index (χ3n) is 1.27. The predicted molar refractivity (Wildman–Crippen MR) is 66.5 cm³/mol. The van der Waals surface area contributed by atoms with E-state index >= 15 is 0 Å². The molecule has 0 aliphatic carbocycles. The van der Waals surface area contributed by atoms with E-state index in [0.717, 1.165) is 14.9 Å². The summed E-state index contributed by atoms with van der Waals surface area (Å²) in [7, 11) is 0. The van der Waals surface area contributed by atoms with E-state index in [4.69, 9.17) is 18.0 Å². The maximum absolute atomic E-state index is 5.75. The minimum Gasteiger partial charge on any atom is -0.373 e. The summed E-state index contributed by atoms with van der Waals surface area (Å²) in [6.45, 7) is 8.32. The first-order valence-electron chi connectivity index (χ1n) is 4.36. The van der Waals surface area contributed by atoms with Gasteiger partial charge in [-0.05, 0) is 12.1 Å². The van der Waals surface area contributed by atoms with Gasteiger partial charge in [0.25, 0.3) is 0 Å². The molecule has 1 nitrogen and oxygen atoms in total. The van der Waals surface area contributed by atoms with Gasteiger partial charge < -0.3 is 5.32 Å². The van der Waals surface area contributed by atoms with Gasteiger partial charge in [0, 0.05) is 5.70 Å². The quantitative estimate of drug-likeness (QED) is 0.778. The highest BCUT2D eigenvalue weighted by Gasteiger charge is 2.00. The van der Waals surface area contributed by atoms with Crippen LogP contribution in [-0.4, -0.2) is 6.54 Å². The van der Waals surface area contributed by atoms with Gasteiger partial charge in [-0.25, -0.2) is 0 Å². The van der Waals surface area contributed by atoms with Crippen LogP contribution in [-0.2, 0) is 0 Å². The van der Waals surface area contributed by atoms with Crippen molar-refractivity contribution in [2.45, 2.75) is 13.8 Å². The number of terminal acetylenes is 1. The maximum atomic E-state index is 5.75. The van der Waals surface area contributed by atoms with Crippen LogP contribution in [0.25, 0.3) is 5.70 Å². The van der Waals surface area contributed by atoms with Crippen LogP contribution in [0, 0.1) is 12.3 Å². The molecule has 0 fully saturated rings. The lowest BCUT2D eigenvalue weighted by atomic mass is 10.4. The van der Waals surface area contributed by atoms with Gasteiger partial charge in [0.2, 0.25) is 0 Å². The molecule has 0 amide bonds. The largest absolute Gasteiger partial charge is 0.373 e. The molecule has 0 saturated heterocycles. The number of hydrogen-bond acceptors (Lipinski definition) is 2. The Morgan fingerprint density at radius 2 is 2.29 bits per heavy atom. The minimum atomic E-state index is 0.494. The zero-order chi connectivity index (χ0) is 11.0. The molecule has 1 N–H and O–H groups in total. The molecule has 1 heterocycles. The number of halogens is 1. The summed E-state index contributed by atoms with van der Waals surface area (Å²) in [6, 6.07) is 3.75. The Labute approximate surface area is 94.8 Å². The van der Waals surface area contributed by atoms with Crippen molar-refractivity contribution < 1.29 is 0 Å². The van der Waals surface area contributed by atoms with Gasteiger partial charge in [-0.1, -0.05) is 37.9 Å². The first-order valence-corrected chi connectivity index (χ1v) is 5.55. The Morgan fingerprint density at radius 3 is 2.71 bits per heavy atom. The van der Waals surface area contributed by atoms with E-state index in [1.54, 1.807) is 0 Å². The van der Waals surface area contributed by atoms with Crippen molar-refractivity contribution in [1.29, 1.82) is 0 Å². The van der Waals surface area contributed by atoms with Crippen molar-refractivity contribution >= 4 is 28.6 Å². The number of nitrogens with one attached hydrogen (secondary N) is 1. The molecule has 0 bridgehead atoms. The number of thiophene rings is 1. The van der Waals surface area contributed by atoms with E-state index < -0.39 is 0 Å². The molecule has 76 valence electrons. The van der Waals surface area contributed by atoms with Gasteiger partial charge in [0.1, 0.15) is 0 Å². The normalized spacial score (nSPS) is 8.14. The van der Waals surface area contributed by atoms with Crippen LogP contribution < -0.4 is 5.32 Å². The van der Waals surface area contributed by atoms with E-state index in [-0.39, 0.29) is 0 Å². The average Bonchev–Trinajstić information content (AvgIpc) is 2.64. The fourth-order valence-corrected chi connectivity index (χ4v) is 1.71. The molecular formula is C11H14ClNS. The highest BCUT2D eigenvalue weighted by atomic mass is 35.5. The molecule has 0 saturated carbocycles. The maximum Gasteiger partial charge on any atom is 0.0935 e. The molecule has 0 aliphatic rings. The van der Waals surface area contributed by atoms with E-state index in [9.17, 15) is 0 Å². The van der Waals surface area contributed by atoms with E-state index in [2.05, 4.69) is 17.8 Å². The van der Waals surface area contributed by atoms with Crippen molar-refractivity contribution in [1.82, 2.24) is 5.32 Å². The number of hydrogen-bond donors (Lipinski definition) is 1. The molecule has 1 aromatic heterocycles. The lowest BCUT2D eigenvalue weighted by molar-refractivity contribution is 1.04. The van der Waals surface area contributed by atoms with Crippen LogP contribution in [0.15, 0.2) is 18.7 Å². The summed E-state index contributed by atoms with van der Waals surface area (Å²) >= 11 is 7.23. The second kappa shape index (κ2) is 7.49. The molecule has 0 atom stereocenters. The molecule has 0 unspecified atom stereocenters. The molecule has 0 radical (unpaired) electrons. The summed E-state index contributed by atoms with van der Waals surface area (Å²) in [6.07, 6.45) is 5.08. The third kappa shape index (κ3) is 4.36. The topological polar surface area (TPSA) is 12.0 Å². The fourth-order valence-electron chi connectivity index (χ4n) is 0.721. The van der Waals surface area contributed by atoms with Gasteiger partial charge in [-0.2, -0.15) is 0 Å². The molecule has 0 aliphatic heterocycles. The lowest BCUT2D eigenvalue weighted by Gasteiger charge is -2.01. The highest BCUT2D eigenvalue weighted by Crippen LogP contribution is 2.25. The molecule has 1 rings (SSSR count). The van der Waals surface area contributed by atoms with Crippen LogP contribution in [0.5, 0.6) is 0 Å². The van der Waals surface area contributed by atoms with Crippen LogP contribution in [0.3, 0.4) is 0 Å². The third-order valence-corrected chi connectivity index (χ3v) is 2.57. The van der Waals surface area contributed by atoms with Gasteiger partial charge >= 0.3 is 0 Å². The van der Waals surface area contributed by atoms with E-state index in [1.807, 2.05) is 26.0 Å². The second-order valence-electron chi connectivity index (χ2n) is 2.14. The van der Waals surface area contributed by atoms with Crippen LogP contribution in [0.1, 0.15) is 18.7 Å². The minimum absolute atomic E-state index is 0.494. The summed E-state index contributed by atoms with van der Waals surface area (Å²) in [5.41, 5.74) is 0.824. The zero-order valence-electron chi connectivity index (χ0n) is 8.43. The van der Waals surface area contributed by atoms with Crippen molar-refractivity contribution in [3.05, 3.63) is 27.9 Å². The standard InChI is InChI=1S/C9H8ClNS.C2H6/c1-3-6-11-7(2)8-4-5-9(10)12-8;1-2/h1,4-5,11H,2,6H2;1-2H3. The van der Waals surface area contributed by atoms with Gasteiger partial charge in [-0.3, -0.25) is 0 Å². The Morgan fingerprint density at radius 1 is 1.64 bits per heavy atom. The first kappa shape index (κ1) is 13.1. The Bertz CT molecular complexity index is 322.